The molecule has 0 radical (unpaired) electrons. The predicted molar refractivity (Wildman–Crippen MR) is 102 cm³/mol. The molecule has 132 valence electrons. The van der Waals surface area contributed by atoms with Crippen molar-refractivity contribution in [3.05, 3.63) is 70.5 Å². The Bertz CT molecular complexity index is 976. The molecule has 6 nitrogen and oxygen atoms in total. The number of carbonyl (C=O) groups excluding carboxylic acids is 1. The third-order valence-corrected chi connectivity index (χ3v) is 4.77. The van der Waals surface area contributed by atoms with E-state index in [1.54, 1.807) is 6.07 Å². The van der Waals surface area contributed by atoms with E-state index in [0.29, 0.717) is 22.4 Å². The third-order valence-electron chi connectivity index (χ3n) is 4.77. The highest BCUT2D eigenvalue weighted by molar-refractivity contribution is 5.94. The number of amides is 1. The minimum atomic E-state index is -0.120. The molecule has 6 heteroatoms. The standard InChI is InChI=1S/C20H20N4O2/c25-18(14-6-2-1-3-7-14)21-15-10-12-24(13-11-15)20-22-17-9-5-4-8-16(17)19(26)23-20/h1-9,15H,10-13H2,(H,21,25)(H,22,23,26). The second-order valence-electron chi connectivity index (χ2n) is 6.51. The van der Waals surface area contributed by atoms with Crippen LogP contribution >= 0.6 is 0 Å². The number of rotatable bonds is 3. The van der Waals surface area contributed by atoms with Gasteiger partial charge in [0.15, 0.2) is 0 Å². The van der Waals surface area contributed by atoms with Gasteiger partial charge in [-0.25, -0.2) is 4.98 Å². The summed E-state index contributed by atoms with van der Waals surface area (Å²) in [7, 11) is 0. The van der Waals surface area contributed by atoms with Crippen molar-refractivity contribution in [2.24, 2.45) is 0 Å². The number of nitrogens with one attached hydrogen (secondary N) is 2. The van der Waals surface area contributed by atoms with Gasteiger partial charge < -0.3 is 10.2 Å². The lowest BCUT2D eigenvalue weighted by atomic mass is 10.0. The van der Waals surface area contributed by atoms with Crippen molar-refractivity contribution in [1.82, 2.24) is 15.3 Å². The van der Waals surface area contributed by atoms with Crippen LogP contribution in [0.25, 0.3) is 10.9 Å². The number of piperidine rings is 1. The van der Waals surface area contributed by atoms with Crippen LogP contribution in [-0.2, 0) is 0 Å². The van der Waals surface area contributed by atoms with Crippen LogP contribution in [-0.4, -0.2) is 35.0 Å². The van der Waals surface area contributed by atoms with Crippen LogP contribution in [0.4, 0.5) is 5.95 Å². The zero-order chi connectivity index (χ0) is 17.9. The molecule has 0 saturated carbocycles. The van der Waals surface area contributed by atoms with Gasteiger partial charge in [0.1, 0.15) is 0 Å². The monoisotopic (exact) mass is 348 g/mol. The number of carbonyl (C=O) groups is 1. The van der Waals surface area contributed by atoms with E-state index in [2.05, 4.69) is 20.2 Å². The fourth-order valence-electron chi connectivity index (χ4n) is 3.32. The highest BCUT2D eigenvalue weighted by atomic mass is 16.1. The summed E-state index contributed by atoms with van der Waals surface area (Å²) in [6, 6.07) is 16.7. The SMILES string of the molecule is O=C(NC1CCN(c2nc3ccccc3c(=O)[nH]2)CC1)c1ccccc1. The third kappa shape index (κ3) is 3.31. The van der Waals surface area contributed by atoms with E-state index in [9.17, 15) is 9.59 Å². The van der Waals surface area contributed by atoms with Gasteiger partial charge >= 0.3 is 0 Å². The van der Waals surface area contributed by atoms with Crippen molar-refractivity contribution >= 4 is 22.8 Å². The topological polar surface area (TPSA) is 78.1 Å². The molecule has 2 aromatic carbocycles. The molecule has 0 unspecified atom stereocenters. The Morgan fingerprint density at radius 2 is 1.73 bits per heavy atom. The van der Waals surface area contributed by atoms with Crippen LogP contribution in [0.5, 0.6) is 0 Å². The number of nitrogens with zero attached hydrogens (tertiary/aromatic N) is 2. The van der Waals surface area contributed by atoms with Gasteiger partial charge in [0.25, 0.3) is 11.5 Å². The molecule has 1 aromatic heterocycles. The van der Waals surface area contributed by atoms with Crippen LogP contribution in [0, 0.1) is 0 Å². The van der Waals surface area contributed by atoms with Crippen LogP contribution in [0.15, 0.2) is 59.4 Å². The maximum atomic E-state index is 12.3. The molecule has 0 atom stereocenters. The Kier molecular flexibility index (Phi) is 4.39. The van der Waals surface area contributed by atoms with Gasteiger partial charge in [-0.3, -0.25) is 14.6 Å². The molecule has 2 N–H and O–H groups in total. The Balaban J connectivity index is 1.42. The largest absolute Gasteiger partial charge is 0.349 e. The Morgan fingerprint density at radius 3 is 2.50 bits per heavy atom. The van der Waals surface area contributed by atoms with E-state index in [4.69, 9.17) is 0 Å². The number of aromatic amines is 1. The van der Waals surface area contributed by atoms with E-state index in [1.165, 1.54) is 0 Å². The van der Waals surface area contributed by atoms with Gasteiger partial charge in [0.05, 0.1) is 10.9 Å². The first-order chi connectivity index (χ1) is 12.7. The molecular weight excluding hydrogens is 328 g/mol. The molecule has 1 aliphatic heterocycles. The number of hydrogen-bond donors (Lipinski definition) is 2. The Morgan fingerprint density at radius 1 is 1.04 bits per heavy atom. The smallest absolute Gasteiger partial charge is 0.260 e. The first-order valence-corrected chi connectivity index (χ1v) is 8.80. The van der Waals surface area contributed by atoms with E-state index in [0.717, 1.165) is 25.9 Å². The summed E-state index contributed by atoms with van der Waals surface area (Å²) >= 11 is 0. The summed E-state index contributed by atoms with van der Waals surface area (Å²) in [6.45, 7) is 1.47. The van der Waals surface area contributed by atoms with Crippen LogP contribution in [0.1, 0.15) is 23.2 Å². The van der Waals surface area contributed by atoms with E-state index in [-0.39, 0.29) is 17.5 Å². The van der Waals surface area contributed by atoms with Crippen LogP contribution in [0.2, 0.25) is 0 Å². The average Bonchev–Trinajstić information content (AvgIpc) is 2.69. The van der Waals surface area contributed by atoms with E-state index in [1.807, 2.05) is 48.5 Å². The normalized spacial score (nSPS) is 15.2. The van der Waals surface area contributed by atoms with Gasteiger partial charge in [-0.1, -0.05) is 30.3 Å². The van der Waals surface area contributed by atoms with Gasteiger partial charge in [-0.2, -0.15) is 0 Å². The van der Waals surface area contributed by atoms with Crippen molar-refractivity contribution < 1.29 is 4.79 Å². The van der Waals surface area contributed by atoms with E-state index < -0.39 is 0 Å². The Labute approximate surface area is 150 Å². The molecule has 0 aliphatic carbocycles. The fraction of sp³-hybridized carbons (Fsp3) is 0.250. The molecule has 1 saturated heterocycles. The van der Waals surface area contributed by atoms with Gasteiger partial charge in [0.2, 0.25) is 5.95 Å². The molecule has 3 aromatic rings. The minimum absolute atomic E-state index is 0.0405. The molecule has 1 fully saturated rings. The maximum Gasteiger partial charge on any atom is 0.260 e. The minimum Gasteiger partial charge on any atom is -0.349 e. The molecule has 0 bridgehead atoms. The molecule has 2 heterocycles. The van der Waals surface area contributed by atoms with Crippen molar-refractivity contribution in [3.8, 4) is 0 Å². The average molecular weight is 348 g/mol. The van der Waals surface area contributed by atoms with Crippen molar-refractivity contribution in [3.63, 3.8) is 0 Å². The zero-order valence-electron chi connectivity index (χ0n) is 14.3. The number of fused-ring (bicyclic) bond motifs is 1. The van der Waals surface area contributed by atoms with E-state index >= 15 is 0 Å². The van der Waals surface area contributed by atoms with Gasteiger partial charge in [-0.05, 0) is 37.1 Å². The quantitative estimate of drug-likeness (QED) is 0.761. The molecule has 1 aliphatic rings. The summed E-state index contributed by atoms with van der Waals surface area (Å²) in [6.07, 6.45) is 1.63. The predicted octanol–water partition coefficient (Wildman–Crippen LogP) is 2.32. The molecule has 26 heavy (non-hydrogen) atoms. The second kappa shape index (κ2) is 7.00. The number of benzene rings is 2. The Hall–Kier alpha value is -3.15. The summed E-state index contributed by atoms with van der Waals surface area (Å²) in [4.78, 5) is 34.0. The molecule has 0 spiro atoms. The number of anilines is 1. The molecule has 1 amide bonds. The molecule has 4 rings (SSSR count). The summed E-state index contributed by atoms with van der Waals surface area (Å²) in [5, 5.41) is 3.69. The van der Waals surface area contributed by atoms with Crippen molar-refractivity contribution in [1.29, 1.82) is 0 Å². The number of hydrogen-bond acceptors (Lipinski definition) is 4. The van der Waals surface area contributed by atoms with Crippen LogP contribution < -0.4 is 15.8 Å². The summed E-state index contributed by atoms with van der Waals surface area (Å²) in [5.74, 6) is 0.558. The lowest BCUT2D eigenvalue weighted by molar-refractivity contribution is 0.0931. The highest BCUT2D eigenvalue weighted by Gasteiger charge is 2.22. The summed E-state index contributed by atoms with van der Waals surface area (Å²) < 4.78 is 0. The maximum absolute atomic E-state index is 12.3. The van der Waals surface area contributed by atoms with Crippen LogP contribution in [0.3, 0.4) is 0 Å². The first kappa shape index (κ1) is 16.3. The first-order valence-electron chi connectivity index (χ1n) is 8.80. The lowest BCUT2D eigenvalue weighted by Gasteiger charge is -2.32. The fourth-order valence-corrected chi connectivity index (χ4v) is 3.32. The summed E-state index contributed by atoms with van der Waals surface area (Å²) in [5.41, 5.74) is 1.26. The number of H-pyrrole nitrogens is 1. The lowest BCUT2D eigenvalue weighted by Crippen LogP contribution is -2.45. The zero-order valence-corrected chi connectivity index (χ0v) is 14.3. The number of para-hydroxylation sites is 1. The highest BCUT2D eigenvalue weighted by Crippen LogP contribution is 2.17. The van der Waals surface area contributed by atoms with Crippen molar-refractivity contribution in [2.75, 3.05) is 18.0 Å². The molecular formula is C20H20N4O2. The van der Waals surface area contributed by atoms with Crippen molar-refractivity contribution in [2.45, 2.75) is 18.9 Å². The second-order valence-corrected chi connectivity index (χ2v) is 6.51. The van der Waals surface area contributed by atoms with Gasteiger partial charge in [0, 0.05) is 24.7 Å². The van der Waals surface area contributed by atoms with Gasteiger partial charge in [-0.15, -0.1) is 0 Å². The number of aromatic nitrogens is 2.